The van der Waals surface area contributed by atoms with Crippen molar-refractivity contribution in [1.29, 1.82) is 0 Å². The van der Waals surface area contributed by atoms with Crippen molar-refractivity contribution in [2.24, 2.45) is 5.41 Å². The van der Waals surface area contributed by atoms with E-state index in [2.05, 4.69) is 4.98 Å². The van der Waals surface area contributed by atoms with E-state index >= 15 is 0 Å². The number of hydrogen-bond acceptors (Lipinski definition) is 4. The van der Waals surface area contributed by atoms with E-state index in [1.807, 2.05) is 34.9 Å². The summed E-state index contributed by atoms with van der Waals surface area (Å²) in [5.41, 5.74) is 0.365. The van der Waals surface area contributed by atoms with Crippen LogP contribution in [0.4, 0.5) is 5.00 Å². The molecule has 2 fully saturated rings. The first-order valence-corrected chi connectivity index (χ1v) is 8.95. The third kappa shape index (κ3) is 2.60. The minimum atomic E-state index is -0.112. The molecule has 1 spiro atoms. The number of anilines is 1. The highest BCUT2D eigenvalue weighted by Gasteiger charge is 2.49. The van der Waals surface area contributed by atoms with Crippen LogP contribution in [0.1, 0.15) is 28.2 Å². The molecule has 1 unspecified atom stereocenters. The van der Waals surface area contributed by atoms with Gasteiger partial charge in [-0.2, -0.15) is 0 Å². The standard InChI is InChI=1S/C18H19N3O2S/c1-13-5-6-16(24-13)21-12-18(10-15(21)22)7-9-20(11-18)17(23)14-4-2-3-8-19-14/h2-6,8H,7,9-12H2,1H3. The smallest absolute Gasteiger partial charge is 0.272 e. The first-order valence-electron chi connectivity index (χ1n) is 8.13. The molecule has 2 amide bonds. The molecular formula is C18H19N3O2S. The fourth-order valence-corrected chi connectivity index (χ4v) is 4.57. The molecule has 2 aliphatic rings. The number of thiophene rings is 1. The van der Waals surface area contributed by atoms with Gasteiger partial charge >= 0.3 is 0 Å². The number of nitrogens with zero attached hydrogens (tertiary/aromatic N) is 3. The summed E-state index contributed by atoms with van der Waals surface area (Å²) in [4.78, 5) is 34.2. The predicted molar refractivity (Wildman–Crippen MR) is 93.2 cm³/mol. The van der Waals surface area contributed by atoms with E-state index in [9.17, 15) is 9.59 Å². The van der Waals surface area contributed by atoms with Crippen LogP contribution < -0.4 is 4.90 Å². The van der Waals surface area contributed by atoms with Crippen LogP contribution in [-0.4, -0.2) is 41.3 Å². The Bertz CT molecular complexity index is 789. The third-order valence-corrected chi connectivity index (χ3v) is 5.95. The zero-order valence-electron chi connectivity index (χ0n) is 13.6. The van der Waals surface area contributed by atoms with Crippen LogP contribution in [0, 0.1) is 12.3 Å². The van der Waals surface area contributed by atoms with Gasteiger partial charge in [-0.05, 0) is 37.6 Å². The van der Waals surface area contributed by atoms with E-state index in [1.54, 1.807) is 29.7 Å². The number of amides is 2. The van der Waals surface area contributed by atoms with Gasteiger partial charge in [-0.1, -0.05) is 6.07 Å². The Morgan fingerprint density at radius 1 is 1.25 bits per heavy atom. The minimum Gasteiger partial charge on any atom is -0.337 e. The molecule has 5 nitrogen and oxygen atoms in total. The molecule has 0 radical (unpaired) electrons. The topological polar surface area (TPSA) is 53.5 Å². The molecule has 124 valence electrons. The predicted octanol–water partition coefficient (Wildman–Crippen LogP) is 2.72. The van der Waals surface area contributed by atoms with E-state index in [-0.39, 0.29) is 17.2 Å². The summed E-state index contributed by atoms with van der Waals surface area (Å²) in [6, 6.07) is 9.44. The number of aryl methyl sites for hydroxylation is 1. The maximum Gasteiger partial charge on any atom is 0.272 e. The van der Waals surface area contributed by atoms with Crippen molar-refractivity contribution in [1.82, 2.24) is 9.88 Å². The van der Waals surface area contributed by atoms with Crippen molar-refractivity contribution in [3.05, 3.63) is 47.1 Å². The van der Waals surface area contributed by atoms with Gasteiger partial charge in [0.05, 0.1) is 5.00 Å². The molecule has 4 rings (SSSR count). The zero-order valence-corrected chi connectivity index (χ0v) is 14.4. The summed E-state index contributed by atoms with van der Waals surface area (Å²) < 4.78 is 0. The molecule has 24 heavy (non-hydrogen) atoms. The van der Waals surface area contributed by atoms with E-state index in [0.717, 1.165) is 11.4 Å². The molecule has 0 saturated carbocycles. The molecule has 1 atom stereocenters. The van der Waals surface area contributed by atoms with Gasteiger partial charge in [-0.3, -0.25) is 14.6 Å². The van der Waals surface area contributed by atoms with Gasteiger partial charge in [-0.15, -0.1) is 11.3 Å². The number of likely N-dealkylation sites (tertiary alicyclic amines) is 1. The Kier molecular flexibility index (Phi) is 3.64. The fraction of sp³-hybridized carbons (Fsp3) is 0.389. The quantitative estimate of drug-likeness (QED) is 0.844. The maximum absolute atomic E-state index is 12.6. The molecule has 2 saturated heterocycles. The first-order chi connectivity index (χ1) is 11.6. The Hall–Kier alpha value is -2.21. The van der Waals surface area contributed by atoms with Crippen LogP contribution in [0.25, 0.3) is 0 Å². The summed E-state index contributed by atoms with van der Waals surface area (Å²) >= 11 is 1.65. The number of hydrogen-bond donors (Lipinski definition) is 0. The Morgan fingerprint density at radius 3 is 2.83 bits per heavy atom. The normalized spacial score (nSPS) is 23.5. The van der Waals surface area contributed by atoms with E-state index < -0.39 is 0 Å². The van der Waals surface area contributed by atoms with Gasteiger partial charge in [0, 0.05) is 42.5 Å². The van der Waals surface area contributed by atoms with Crippen LogP contribution >= 0.6 is 11.3 Å². The van der Waals surface area contributed by atoms with Crippen LogP contribution in [-0.2, 0) is 4.79 Å². The second-order valence-corrected chi connectivity index (χ2v) is 8.00. The molecule has 2 aromatic heterocycles. The van der Waals surface area contributed by atoms with Gasteiger partial charge in [0.2, 0.25) is 5.91 Å². The molecule has 0 aromatic carbocycles. The van der Waals surface area contributed by atoms with Gasteiger partial charge in [0.1, 0.15) is 5.69 Å². The summed E-state index contributed by atoms with van der Waals surface area (Å²) in [6.45, 7) is 4.08. The molecule has 2 aliphatic heterocycles. The minimum absolute atomic E-state index is 0.0367. The van der Waals surface area contributed by atoms with E-state index in [1.165, 1.54) is 4.88 Å². The summed E-state index contributed by atoms with van der Waals surface area (Å²) in [6.07, 6.45) is 3.03. The van der Waals surface area contributed by atoms with Gasteiger partial charge in [-0.25, -0.2) is 0 Å². The highest BCUT2D eigenvalue weighted by atomic mass is 32.1. The second kappa shape index (κ2) is 5.70. The van der Waals surface area contributed by atoms with Crippen molar-refractivity contribution >= 4 is 28.2 Å². The van der Waals surface area contributed by atoms with Crippen molar-refractivity contribution in [3.63, 3.8) is 0 Å². The largest absolute Gasteiger partial charge is 0.337 e. The summed E-state index contributed by atoms with van der Waals surface area (Å²) in [5.74, 6) is 0.134. The highest BCUT2D eigenvalue weighted by Crippen LogP contribution is 2.43. The lowest BCUT2D eigenvalue weighted by molar-refractivity contribution is -0.117. The maximum atomic E-state index is 12.6. The van der Waals surface area contributed by atoms with Crippen LogP contribution in [0.5, 0.6) is 0 Å². The number of carbonyl (C=O) groups is 2. The molecule has 2 aromatic rings. The fourth-order valence-electron chi connectivity index (χ4n) is 3.70. The lowest BCUT2D eigenvalue weighted by Crippen LogP contribution is -2.34. The van der Waals surface area contributed by atoms with Gasteiger partial charge in [0.15, 0.2) is 0 Å². The van der Waals surface area contributed by atoms with E-state index in [0.29, 0.717) is 31.7 Å². The molecule has 0 N–H and O–H groups in total. The summed E-state index contributed by atoms with van der Waals surface area (Å²) in [7, 11) is 0. The molecular weight excluding hydrogens is 322 g/mol. The Labute approximate surface area is 144 Å². The number of aromatic nitrogens is 1. The SMILES string of the molecule is Cc1ccc(N2CC3(CCN(C(=O)c4ccccn4)C3)CC2=O)s1. The van der Waals surface area contributed by atoms with Crippen molar-refractivity contribution in [2.45, 2.75) is 19.8 Å². The van der Waals surface area contributed by atoms with Crippen molar-refractivity contribution in [3.8, 4) is 0 Å². The monoisotopic (exact) mass is 341 g/mol. The first kappa shape index (κ1) is 15.3. The van der Waals surface area contributed by atoms with Gasteiger partial charge in [0.25, 0.3) is 5.91 Å². The third-order valence-electron chi connectivity index (χ3n) is 4.92. The molecule has 6 heteroatoms. The van der Waals surface area contributed by atoms with Crippen molar-refractivity contribution in [2.75, 3.05) is 24.5 Å². The van der Waals surface area contributed by atoms with Crippen LogP contribution in [0.3, 0.4) is 0 Å². The van der Waals surface area contributed by atoms with Crippen molar-refractivity contribution < 1.29 is 9.59 Å². The van der Waals surface area contributed by atoms with Gasteiger partial charge < -0.3 is 9.80 Å². The number of carbonyl (C=O) groups excluding carboxylic acids is 2. The number of pyridine rings is 1. The van der Waals surface area contributed by atoms with Crippen LogP contribution in [0.2, 0.25) is 0 Å². The average molecular weight is 341 g/mol. The average Bonchev–Trinajstić information content (AvgIpc) is 3.27. The second-order valence-electron chi connectivity index (χ2n) is 6.73. The highest BCUT2D eigenvalue weighted by molar-refractivity contribution is 7.16. The number of rotatable bonds is 2. The lowest BCUT2D eigenvalue weighted by Gasteiger charge is -2.23. The van der Waals surface area contributed by atoms with E-state index in [4.69, 9.17) is 0 Å². The Balaban J connectivity index is 1.50. The summed E-state index contributed by atoms with van der Waals surface area (Å²) in [5, 5.41) is 1.02. The molecule has 0 aliphatic carbocycles. The zero-order chi connectivity index (χ0) is 16.7. The molecule has 0 bridgehead atoms. The van der Waals surface area contributed by atoms with Crippen LogP contribution in [0.15, 0.2) is 36.5 Å². The Morgan fingerprint density at radius 2 is 2.12 bits per heavy atom. The lowest BCUT2D eigenvalue weighted by atomic mass is 9.86. The molecule has 4 heterocycles.